The predicted octanol–water partition coefficient (Wildman–Crippen LogP) is 2.37. The van der Waals surface area contributed by atoms with Crippen LogP contribution in [0.15, 0.2) is 32.3 Å². The van der Waals surface area contributed by atoms with Gasteiger partial charge >= 0.3 is 0 Å². The average Bonchev–Trinajstić information content (AvgIpc) is 3.36. The molecular formula is C15H17N5O3S2. The smallest absolute Gasteiger partial charge is 0.248 e. The second-order valence-corrected chi connectivity index (χ2v) is 8.59. The summed E-state index contributed by atoms with van der Waals surface area (Å²) in [5.74, 6) is 0.752. The first-order valence-corrected chi connectivity index (χ1v) is 10.2. The van der Waals surface area contributed by atoms with Crippen LogP contribution in [0.2, 0.25) is 0 Å². The molecule has 0 bridgehead atoms. The molecule has 4 heterocycles. The Morgan fingerprint density at radius 1 is 1.36 bits per heavy atom. The van der Waals surface area contributed by atoms with Crippen molar-refractivity contribution < 1.29 is 12.8 Å². The van der Waals surface area contributed by atoms with Gasteiger partial charge in [-0.05, 0) is 31.2 Å². The largest absolute Gasteiger partial charge is 0.419 e. The molecule has 1 saturated heterocycles. The van der Waals surface area contributed by atoms with E-state index >= 15 is 0 Å². The number of aryl methyl sites for hydroxylation is 1. The average molecular weight is 379 g/mol. The maximum absolute atomic E-state index is 13.1. The summed E-state index contributed by atoms with van der Waals surface area (Å²) in [6.45, 7) is 2.17. The Balaban J connectivity index is 1.68. The van der Waals surface area contributed by atoms with Crippen molar-refractivity contribution in [2.24, 2.45) is 7.05 Å². The van der Waals surface area contributed by atoms with Crippen LogP contribution in [-0.2, 0) is 17.1 Å². The molecule has 0 unspecified atom stereocenters. The van der Waals surface area contributed by atoms with Gasteiger partial charge in [0, 0.05) is 24.5 Å². The van der Waals surface area contributed by atoms with E-state index in [0.29, 0.717) is 30.4 Å². The summed E-state index contributed by atoms with van der Waals surface area (Å²) >= 11 is 1.54. The monoisotopic (exact) mass is 379 g/mol. The van der Waals surface area contributed by atoms with Crippen molar-refractivity contribution in [1.29, 1.82) is 0 Å². The first-order valence-electron chi connectivity index (χ1n) is 7.85. The standard InChI is InChI=1S/C15H17N5O3S2/c1-10-13(8-16-19(10)2)25(21,22)20-6-3-4-12(20)15-18-17-14(23-15)11-5-7-24-9-11/h5,7-9,12H,3-4,6H2,1-2H3/t12-/m1/s1. The third kappa shape index (κ3) is 2.70. The summed E-state index contributed by atoms with van der Waals surface area (Å²) in [7, 11) is -1.94. The summed E-state index contributed by atoms with van der Waals surface area (Å²) in [6.07, 6.45) is 2.80. The van der Waals surface area contributed by atoms with Crippen LogP contribution in [0.1, 0.15) is 30.5 Å². The van der Waals surface area contributed by atoms with Crippen molar-refractivity contribution in [1.82, 2.24) is 24.3 Å². The Bertz CT molecular complexity index is 990. The van der Waals surface area contributed by atoms with Crippen LogP contribution >= 0.6 is 11.3 Å². The van der Waals surface area contributed by atoms with Gasteiger partial charge in [-0.2, -0.15) is 20.7 Å². The van der Waals surface area contributed by atoms with E-state index in [-0.39, 0.29) is 4.90 Å². The number of hydrogen-bond donors (Lipinski definition) is 0. The van der Waals surface area contributed by atoms with Crippen molar-refractivity contribution in [3.05, 3.63) is 34.6 Å². The fraction of sp³-hybridized carbons (Fsp3) is 0.400. The maximum Gasteiger partial charge on any atom is 0.248 e. The molecule has 0 spiro atoms. The molecule has 8 nitrogen and oxygen atoms in total. The van der Waals surface area contributed by atoms with Gasteiger partial charge in [0.25, 0.3) is 0 Å². The van der Waals surface area contributed by atoms with Crippen LogP contribution in [0.4, 0.5) is 0 Å². The Hall–Kier alpha value is -2.04. The molecule has 1 fully saturated rings. The van der Waals surface area contributed by atoms with E-state index in [1.807, 2.05) is 16.8 Å². The molecule has 3 aromatic rings. The summed E-state index contributed by atoms with van der Waals surface area (Å²) in [4.78, 5) is 0.222. The molecule has 10 heteroatoms. The molecule has 1 atom stereocenters. The molecule has 0 aromatic carbocycles. The number of rotatable bonds is 4. The van der Waals surface area contributed by atoms with Gasteiger partial charge in [0.1, 0.15) is 10.9 Å². The highest BCUT2D eigenvalue weighted by atomic mass is 32.2. The third-order valence-electron chi connectivity index (χ3n) is 4.47. The predicted molar refractivity (Wildman–Crippen MR) is 91.4 cm³/mol. The Labute approximate surface area is 149 Å². The Kier molecular flexibility index (Phi) is 3.97. The lowest BCUT2D eigenvalue weighted by Crippen LogP contribution is -2.31. The van der Waals surface area contributed by atoms with Gasteiger partial charge in [-0.3, -0.25) is 4.68 Å². The minimum Gasteiger partial charge on any atom is -0.419 e. The molecule has 0 saturated carbocycles. The van der Waals surface area contributed by atoms with Gasteiger partial charge in [0.05, 0.1) is 11.9 Å². The van der Waals surface area contributed by atoms with Crippen molar-refractivity contribution in [3.63, 3.8) is 0 Å². The van der Waals surface area contributed by atoms with Gasteiger partial charge < -0.3 is 4.42 Å². The van der Waals surface area contributed by atoms with E-state index in [4.69, 9.17) is 4.42 Å². The lowest BCUT2D eigenvalue weighted by Gasteiger charge is -2.21. The molecule has 132 valence electrons. The SMILES string of the molecule is Cc1c(S(=O)(=O)N2CCC[C@@H]2c2nnc(-c3ccsc3)o2)cnn1C. The van der Waals surface area contributed by atoms with Crippen LogP contribution in [0, 0.1) is 6.92 Å². The maximum atomic E-state index is 13.1. The minimum absolute atomic E-state index is 0.222. The molecule has 25 heavy (non-hydrogen) atoms. The van der Waals surface area contributed by atoms with E-state index in [1.165, 1.54) is 21.8 Å². The van der Waals surface area contributed by atoms with Crippen LogP contribution in [0.25, 0.3) is 11.5 Å². The molecule has 1 aliphatic rings. The molecule has 0 radical (unpaired) electrons. The zero-order chi connectivity index (χ0) is 17.6. The van der Waals surface area contributed by atoms with Crippen LogP contribution in [-0.4, -0.2) is 39.2 Å². The van der Waals surface area contributed by atoms with Crippen LogP contribution < -0.4 is 0 Å². The fourth-order valence-corrected chi connectivity index (χ4v) is 5.47. The second kappa shape index (κ2) is 6.04. The van der Waals surface area contributed by atoms with Crippen LogP contribution in [0.5, 0.6) is 0 Å². The number of hydrogen-bond acceptors (Lipinski definition) is 7. The molecular weight excluding hydrogens is 362 g/mol. The summed E-state index contributed by atoms with van der Waals surface area (Å²) < 4.78 is 34.9. The van der Waals surface area contributed by atoms with Gasteiger partial charge in [-0.25, -0.2) is 8.42 Å². The Morgan fingerprint density at radius 2 is 2.20 bits per heavy atom. The molecule has 3 aromatic heterocycles. The van der Waals surface area contributed by atoms with E-state index in [9.17, 15) is 8.42 Å². The minimum atomic E-state index is -3.67. The van der Waals surface area contributed by atoms with Gasteiger partial charge in [-0.15, -0.1) is 10.2 Å². The highest BCUT2D eigenvalue weighted by Crippen LogP contribution is 2.37. The van der Waals surface area contributed by atoms with Crippen molar-refractivity contribution >= 4 is 21.4 Å². The van der Waals surface area contributed by atoms with E-state index in [2.05, 4.69) is 15.3 Å². The normalized spacial score (nSPS) is 18.9. The van der Waals surface area contributed by atoms with Crippen molar-refractivity contribution in [2.45, 2.75) is 30.7 Å². The van der Waals surface area contributed by atoms with Gasteiger partial charge in [-0.1, -0.05) is 0 Å². The highest BCUT2D eigenvalue weighted by molar-refractivity contribution is 7.89. The number of sulfonamides is 1. The van der Waals surface area contributed by atoms with Gasteiger partial charge in [0.15, 0.2) is 0 Å². The van der Waals surface area contributed by atoms with Crippen molar-refractivity contribution in [2.75, 3.05) is 6.54 Å². The summed E-state index contributed by atoms with van der Waals surface area (Å²) in [5, 5.41) is 16.1. The molecule has 0 N–H and O–H groups in total. The Morgan fingerprint density at radius 3 is 2.88 bits per heavy atom. The summed E-state index contributed by atoms with van der Waals surface area (Å²) in [6, 6.07) is 1.45. The summed E-state index contributed by atoms with van der Waals surface area (Å²) in [5.41, 5.74) is 1.45. The zero-order valence-electron chi connectivity index (χ0n) is 13.8. The number of nitrogens with zero attached hydrogens (tertiary/aromatic N) is 5. The lowest BCUT2D eigenvalue weighted by atomic mass is 10.2. The number of aromatic nitrogens is 4. The van der Waals surface area contributed by atoms with E-state index in [0.717, 1.165) is 12.0 Å². The van der Waals surface area contributed by atoms with Gasteiger partial charge in [0.2, 0.25) is 21.8 Å². The van der Waals surface area contributed by atoms with Crippen LogP contribution in [0.3, 0.4) is 0 Å². The lowest BCUT2D eigenvalue weighted by molar-refractivity contribution is 0.332. The number of thiophene rings is 1. The third-order valence-corrected chi connectivity index (χ3v) is 7.17. The zero-order valence-corrected chi connectivity index (χ0v) is 15.4. The first-order chi connectivity index (χ1) is 12.0. The topological polar surface area (TPSA) is 94.1 Å². The molecule has 0 aliphatic carbocycles. The first kappa shape index (κ1) is 16.4. The van der Waals surface area contributed by atoms with E-state index in [1.54, 1.807) is 18.7 Å². The molecule has 0 amide bonds. The van der Waals surface area contributed by atoms with Crippen molar-refractivity contribution in [3.8, 4) is 11.5 Å². The second-order valence-electron chi connectivity index (χ2n) is 5.95. The molecule has 4 rings (SSSR count). The van der Waals surface area contributed by atoms with E-state index < -0.39 is 16.1 Å². The highest BCUT2D eigenvalue weighted by Gasteiger charge is 2.40. The quantitative estimate of drug-likeness (QED) is 0.691. The molecule has 1 aliphatic heterocycles. The fourth-order valence-electron chi connectivity index (χ4n) is 3.00.